The van der Waals surface area contributed by atoms with Gasteiger partial charge in [-0.25, -0.2) is 0 Å². The van der Waals surface area contributed by atoms with E-state index in [2.05, 4.69) is 19.9 Å². The average Bonchev–Trinajstić information content (AvgIpc) is 2.67. The van der Waals surface area contributed by atoms with E-state index in [1.165, 1.54) is 11.1 Å². The summed E-state index contributed by atoms with van der Waals surface area (Å²) in [6.07, 6.45) is 3.95. The van der Waals surface area contributed by atoms with E-state index in [4.69, 9.17) is 14.6 Å². The van der Waals surface area contributed by atoms with E-state index in [1.54, 1.807) is 0 Å². The smallest absolute Gasteiger partial charge is 0.186 e. The molecule has 3 N–H and O–H groups in total. The molecule has 1 aliphatic rings. The topological polar surface area (TPSA) is 79.2 Å². The van der Waals surface area contributed by atoms with Crippen LogP contribution in [0.15, 0.2) is 23.3 Å². The van der Waals surface area contributed by atoms with E-state index in [1.807, 2.05) is 13.0 Å². The Morgan fingerprint density at radius 2 is 2.05 bits per heavy atom. The molecule has 1 fully saturated rings. The van der Waals surface area contributed by atoms with E-state index in [9.17, 15) is 10.2 Å². The van der Waals surface area contributed by atoms with Crippen molar-refractivity contribution in [2.45, 2.75) is 51.6 Å². The van der Waals surface area contributed by atoms with Gasteiger partial charge in [-0.2, -0.15) is 0 Å². The second-order valence-electron chi connectivity index (χ2n) is 5.59. The van der Waals surface area contributed by atoms with Crippen LogP contribution in [0.4, 0.5) is 0 Å². The summed E-state index contributed by atoms with van der Waals surface area (Å²) in [6, 6.07) is 0. The maximum absolute atomic E-state index is 9.79. The molecular weight excluding hydrogens is 260 g/mol. The first-order valence-corrected chi connectivity index (χ1v) is 6.92. The fraction of sp³-hybridized carbons (Fsp3) is 0.733. The summed E-state index contributed by atoms with van der Waals surface area (Å²) in [4.78, 5) is 0. The number of hydrogen-bond acceptors (Lipinski definition) is 5. The number of aliphatic hydroxyl groups is 3. The maximum atomic E-state index is 9.79. The normalized spacial score (nSPS) is 30.6. The molecule has 1 aliphatic heterocycles. The van der Waals surface area contributed by atoms with Crippen LogP contribution in [0.3, 0.4) is 0 Å². The maximum Gasteiger partial charge on any atom is 0.186 e. The third kappa shape index (κ3) is 5.00. The van der Waals surface area contributed by atoms with Gasteiger partial charge in [0.15, 0.2) is 6.29 Å². The van der Waals surface area contributed by atoms with Gasteiger partial charge in [0, 0.05) is 0 Å². The molecule has 5 heteroatoms. The molecule has 0 aliphatic carbocycles. The first-order chi connectivity index (χ1) is 9.39. The van der Waals surface area contributed by atoms with Gasteiger partial charge in [0.1, 0.15) is 11.7 Å². The minimum atomic E-state index is -1.62. The van der Waals surface area contributed by atoms with Crippen LogP contribution in [0.1, 0.15) is 33.6 Å². The zero-order valence-corrected chi connectivity index (χ0v) is 12.5. The zero-order valence-electron chi connectivity index (χ0n) is 12.5. The van der Waals surface area contributed by atoms with Gasteiger partial charge in [0.25, 0.3) is 0 Å². The van der Waals surface area contributed by atoms with E-state index in [0.717, 1.165) is 12.8 Å². The molecule has 1 heterocycles. The Kier molecular flexibility index (Phi) is 6.85. The molecule has 0 spiro atoms. The summed E-state index contributed by atoms with van der Waals surface area (Å²) >= 11 is 0. The lowest BCUT2D eigenvalue weighted by Crippen LogP contribution is -2.47. The summed E-state index contributed by atoms with van der Waals surface area (Å²) in [5.41, 5.74) is 0.889. The fourth-order valence-electron chi connectivity index (χ4n) is 1.91. The molecule has 0 aromatic carbocycles. The Bertz CT molecular complexity index is 359. The van der Waals surface area contributed by atoms with Gasteiger partial charge < -0.3 is 24.8 Å². The van der Waals surface area contributed by atoms with Crippen molar-refractivity contribution in [3.63, 3.8) is 0 Å². The summed E-state index contributed by atoms with van der Waals surface area (Å²) in [6.45, 7) is 5.80. The fourth-order valence-corrected chi connectivity index (χ4v) is 1.91. The first kappa shape index (κ1) is 17.3. The van der Waals surface area contributed by atoms with Gasteiger partial charge in [0.2, 0.25) is 0 Å². The predicted molar refractivity (Wildman–Crippen MR) is 76.2 cm³/mol. The molecule has 0 bridgehead atoms. The molecule has 0 radical (unpaired) electrons. The second kappa shape index (κ2) is 7.90. The Balaban J connectivity index is 2.32. The molecule has 2 unspecified atom stereocenters. The third-order valence-electron chi connectivity index (χ3n) is 3.36. The van der Waals surface area contributed by atoms with Crippen LogP contribution in [0, 0.1) is 0 Å². The van der Waals surface area contributed by atoms with Crippen LogP contribution in [0.5, 0.6) is 0 Å². The highest BCUT2D eigenvalue weighted by atomic mass is 16.7. The standard InChI is InChI=1S/C15H26O5/c1-11(2)5-4-6-12(3)7-8-19-14-13(17)15(18,9-16)10-20-14/h5,7,13-14,16-18H,4,6,8-10H2,1-3H3/b12-7+/t13-,14?,15?/m0/s1. The molecule has 5 nitrogen and oxygen atoms in total. The van der Waals surface area contributed by atoms with Crippen molar-refractivity contribution >= 4 is 0 Å². The minimum absolute atomic E-state index is 0.126. The molecule has 20 heavy (non-hydrogen) atoms. The third-order valence-corrected chi connectivity index (χ3v) is 3.36. The molecule has 0 aromatic rings. The Labute approximate surface area is 120 Å². The van der Waals surface area contributed by atoms with Crippen molar-refractivity contribution in [2.75, 3.05) is 19.8 Å². The molecule has 1 saturated heterocycles. The van der Waals surface area contributed by atoms with E-state index in [0.29, 0.717) is 6.61 Å². The second-order valence-corrected chi connectivity index (χ2v) is 5.59. The summed E-state index contributed by atoms with van der Waals surface area (Å²) in [5.74, 6) is 0. The number of ether oxygens (including phenoxy) is 2. The lowest BCUT2D eigenvalue weighted by Gasteiger charge is -2.23. The van der Waals surface area contributed by atoms with Crippen molar-refractivity contribution in [3.05, 3.63) is 23.3 Å². The van der Waals surface area contributed by atoms with Crippen molar-refractivity contribution in [1.29, 1.82) is 0 Å². The summed E-state index contributed by atoms with van der Waals surface area (Å²) in [5, 5.41) is 28.6. The molecule has 0 saturated carbocycles. The Morgan fingerprint density at radius 1 is 1.35 bits per heavy atom. The highest BCUT2D eigenvalue weighted by Crippen LogP contribution is 2.25. The van der Waals surface area contributed by atoms with Gasteiger partial charge in [-0.15, -0.1) is 0 Å². The van der Waals surface area contributed by atoms with E-state index in [-0.39, 0.29) is 6.61 Å². The predicted octanol–water partition coefficient (Wildman–Crippen LogP) is 1.14. The molecule has 0 aromatic heterocycles. The van der Waals surface area contributed by atoms with E-state index < -0.39 is 24.6 Å². The minimum Gasteiger partial charge on any atom is -0.393 e. The van der Waals surface area contributed by atoms with Crippen LogP contribution < -0.4 is 0 Å². The van der Waals surface area contributed by atoms with Crippen LogP contribution >= 0.6 is 0 Å². The van der Waals surface area contributed by atoms with Gasteiger partial charge in [0.05, 0.1) is 19.8 Å². The van der Waals surface area contributed by atoms with Crippen molar-refractivity contribution < 1.29 is 24.8 Å². The summed E-state index contributed by atoms with van der Waals surface area (Å²) < 4.78 is 10.5. The summed E-state index contributed by atoms with van der Waals surface area (Å²) in [7, 11) is 0. The molecule has 1 rings (SSSR count). The average molecular weight is 286 g/mol. The van der Waals surface area contributed by atoms with Crippen molar-refractivity contribution in [3.8, 4) is 0 Å². The highest BCUT2D eigenvalue weighted by Gasteiger charge is 2.48. The van der Waals surface area contributed by atoms with E-state index >= 15 is 0 Å². The largest absolute Gasteiger partial charge is 0.393 e. The lowest BCUT2D eigenvalue weighted by molar-refractivity contribution is -0.155. The van der Waals surface area contributed by atoms with Crippen LogP contribution in [-0.4, -0.2) is 53.1 Å². The Morgan fingerprint density at radius 3 is 2.60 bits per heavy atom. The zero-order chi connectivity index (χ0) is 15.2. The first-order valence-electron chi connectivity index (χ1n) is 6.92. The molecular formula is C15H26O5. The van der Waals surface area contributed by atoms with Crippen LogP contribution in [0.25, 0.3) is 0 Å². The highest BCUT2D eigenvalue weighted by molar-refractivity contribution is 5.02. The van der Waals surface area contributed by atoms with Crippen LogP contribution in [0.2, 0.25) is 0 Å². The molecule has 0 amide bonds. The monoisotopic (exact) mass is 286 g/mol. The molecule has 116 valence electrons. The lowest BCUT2D eigenvalue weighted by atomic mass is 10.0. The quantitative estimate of drug-likeness (QED) is 0.612. The number of hydrogen-bond donors (Lipinski definition) is 3. The van der Waals surface area contributed by atoms with Gasteiger partial charge >= 0.3 is 0 Å². The SMILES string of the molecule is CC(C)=CCC/C(C)=C/COC1OCC(O)(CO)[C@H]1O. The van der Waals surface area contributed by atoms with Gasteiger partial charge in [-0.3, -0.25) is 0 Å². The Hall–Kier alpha value is -0.720. The number of rotatable bonds is 7. The van der Waals surface area contributed by atoms with Gasteiger partial charge in [-0.05, 0) is 33.6 Å². The number of allylic oxidation sites excluding steroid dienone is 3. The van der Waals surface area contributed by atoms with Crippen molar-refractivity contribution in [2.24, 2.45) is 0 Å². The van der Waals surface area contributed by atoms with Crippen molar-refractivity contribution in [1.82, 2.24) is 0 Å². The van der Waals surface area contributed by atoms with Crippen LogP contribution in [-0.2, 0) is 9.47 Å². The molecule has 3 atom stereocenters. The van der Waals surface area contributed by atoms with Gasteiger partial charge in [-0.1, -0.05) is 23.3 Å². The number of aliphatic hydroxyl groups excluding tert-OH is 2.